The maximum atomic E-state index is 12.6. The normalized spacial score (nSPS) is 36.5. The Morgan fingerprint density at radius 3 is 2.15 bits per heavy atom. The van der Waals surface area contributed by atoms with Crippen LogP contribution in [-0.4, -0.2) is 28.9 Å². The Morgan fingerprint density at radius 2 is 1.60 bits per heavy atom. The fraction of sp³-hybridized carbons (Fsp3) is 0.500. The molecule has 0 saturated carbocycles. The molecule has 3 saturated heterocycles. The molecule has 3 fully saturated rings. The van der Waals surface area contributed by atoms with Gasteiger partial charge >= 0.3 is 0 Å². The fourth-order valence-corrected chi connectivity index (χ4v) is 4.00. The number of imide groups is 1. The molecule has 2 unspecified atom stereocenters. The van der Waals surface area contributed by atoms with Crippen LogP contribution in [-0.2, 0) is 14.3 Å². The van der Waals surface area contributed by atoms with Gasteiger partial charge in [0, 0.05) is 0 Å². The predicted octanol–water partition coefficient (Wildman–Crippen LogP) is 1.91. The smallest absolute Gasteiger partial charge is 0.236 e. The van der Waals surface area contributed by atoms with E-state index < -0.39 is 0 Å². The first-order chi connectivity index (χ1) is 9.68. The molecule has 0 N–H and O–H groups in total. The van der Waals surface area contributed by atoms with Gasteiger partial charge in [-0.15, -0.1) is 0 Å². The number of hydrogen-bond donors (Lipinski definition) is 0. The number of hydrogen-bond acceptors (Lipinski definition) is 3. The maximum absolute atomic E-state index is 12.6. The van der Waals surface area contributed by atoms with Crippen LogP contribution < -0.4 is 0 Å². The number of benzene rings is 1. The first-order valence-electron chi connectivity index (χ1n) is 7.26. The molecule has 3 heterocycles. The lowest BCUT2D eigenvalue weighted by atomic mass is 9.81. The molecule has 4 nitrogen and oxygen atoms in total. The Kier molecular flexibility index (Phi) is 2.51. The molecular formula is C16H17NO3. The van der Waals surface area contributed by atoms with E-state index in [9.17, 15) is 9.59 Å². The van der Waals surface area contributed by atoms with Gasteiger partial charge in [0.1, 0.15) is 0 Å². The van der Waals surface area contributed by atoms with E-state index in [4.69, 9.17) is 4.74 Å². The molecule has 0 aliphatic carbocycles. The van der Waals surface area contributed by atoms with Crippen molar-refractivity contribution in [3.8, 4) is 0 Å². The highest BCUT2D eigenvalue weighted by molar-refractivity contribution is 6.06. The van der Waals surface area contributed by atoms with E-state index in [0.29, 0.717) is 0 Å². The second kappa shape index (κ2) is 4.16. The largest absolute Gasteiger partial charge is 0.373 e. The molecule has 1 aromatic rings. The molecule has 3 aliphatic rings. The summed E-state index contributed by atoms with van der Waals surface area (Å²) in [6, 6.07) is 9.54. The van der Waals surface area contributed by atoms with Crippen molar-refractivity contribution in [3.05, 3.63) is 35.9 Å². The molecule has 4 heteroatoms. The minimum Gasteiger partial charge on any atom is -0.373 e. The van der Waals surface area contributed by atoms with E-state index in [-0.39, 0.29) is 41.9 Å². The number of likely N-dealkylation sites (tertiary alicyclic amines) is 1. The molecule has 0 radical (unpaired) electrons. The number of amides is 2. The summed E-state index contributed by atoms with van der Waals surface area (Å²) in [4.78, 5) is 26.7. The van der Waals surface area contributed by atoms with Crippen molar-refractivity contribution in [1.29, 1.82) is 0 Å². The summed E-state index contributed by atoms with van der Waals surface area (Å²) >= 11 is 0. The lowest BCUT2D eigenvalue weighted by Crippen LogP contribution is -2.36. The van der Waals surface area contributed by atoms with Crippen LogP contribution in [0.25, 0.3) is 0 Å². The molecule has 1 aromatic carbocycles. The zero-order chi connectivity index (χ0) is 13.9. The standard InChI is InChI=1S/C16H17NO3/c1-9(10-5-3-2-4-6-10)17-15(18)13-11-7-8-12(20-11)14(13)16(17)19/h2-6,9,11-14H,7-8H2,1H3/t9-,11?,12?,13-,14+/m0/s1. The average molecular weight is 271 g/mol. The Bertz CT molecular complexity index is 542. The molecule has 2 amide bonds. The lowest BCUT2D eigenvalue weighted by molar-refractivity contribution is -0.145. The van der Waals surface area contributed by atoms with Crippen LogP contribution in [0.1, 0.15) is 31.4 Å². The summed E-state index contributed by atoms with van der Waals surface area (Å²) in [5, 5.41) is 0. The lowest BCUT2D eigenvalue weighted by Gasteiger charge is -2.25. The minimum atomic E-state index is -0.229. The van der Waals surface area contributed by atoms with Crippen molar-refractivity contribution in [3.63, 3.8) is 0 Å². The van der Waals surface area contributed by atoms with Gasteiger partial charge in [0.2, 0.25) is 11.8 Å². The Hall–Kier alpha value is -1.68. The average Bonchev–Trinajstić information content (AvgIpc) is 3.14. The maximum Gasteiger partial charge on any atom is 0.236 e. The number of carbonyl (C=O) groups excluding carboxylic acids is 2. The summed E-state index contributed by atoms with van der Waals surface area (Å²) in [6.07, 6.45) is 1.76. The third-order valence-corrected chi connectivity index (χ3v) is 4.99. The third kappa shape index (κ3) is 1.45. The summed E-state index contributed by atoms with van der Waals surface area (Å²) < 4.78 is 5.75. The molecule has 2 bridgehead atoms. The number of ether oxygens (including phenoxy) is 1. The summed E-state index contributed by atoms with van der Waals surface area (Å²) in [5.74, 6) is -0.535. The Balaban J connectivity index is 1.67. The number of carbonyl (C=O) groups is 2. The number of fused-ring (bicyclic) bond motifs is 5. The van der Waals surface area contributed by atoms with Gasteiger partial charge in [-0.05, 0) is 25.3 Å². The van der Waals surface area contributed by atoms with Gasteiger partial charge < -0.3 is 4.74 Å². The molecule has 4 rings (SSSR count). The highest BCUT2D eigenvalue weighted by atomic mass is 16.5. The quantitative estimate of drug-likeness (QED) is 0.772. The summed E-state index contributed by atoms with van der Waals surface area (Å²) in [5.41, 5.74) is 1.00. The van der Waals surface area contributed by atoms with Gasteiger partial charge in [-0.3, -0.25) is 14.5 Å². The molecule has 0 spiro atoms. The minimum absolute atomic E-state index is 0.0329. The topological polar surface area (TPSA) is 46.6 Å². The van der Waals surface area contributed by atoms with Crippen molar-refractivity contribution in [2.24, 2.45) is 11.8 Å². The van der Waals surface area contributed by atoms with E-state index in [0.717, 1.165) is 18.4 Å². The van der Waals surface area contributed by atoms with Gasteiger partial charge in [-0.1, -0.05) is 30.3 Å². The van der Waals surface area contributed by atoms with Gasteiger partial charge in [-0.25, -0.2) is 0 Å². The highest BCUT2D eigenvalue weighted by Gasteiger charge is 2.62. The Morgan fingerprint density at radius 1 is 1.05 bits per heavy atom. The number of nitrogens with zero attached hydrogens (tertiary/aromatic N) is 1. The van der Waals surface area contributed by atoms with E-state index in [2.05, 4.69) is 0 Å². The molecule has 0 aromatic heterocycles. The predicted molar refractivity (Wildman–Crippen MR) is 71.6 cm³/mol. The monoisotopic (exact) mass is 271 g/mol. The zero-order valence-electron chi connectivity index (χ0n) is 11.4. The fourth-order valence-electron chi connectivity index (χ4n) is 4.00. The van der Waals surface area contributed by atoms with Crippen LogP contribution in [0.15, 0.2) is 30.3 Å². The first kappa shape index (κ1) is 12.1. The van der Waals surface area contributed by atoms with Gasteiger partial charge in [-0.2, -0.15) is 0 Å². The highest BCUT2D eigenvalue weighted by Crippen LogP contribution is 2.50. The first-order valence-corrected chi connectivity index (χ1v) is 7.26. The Labute approximate surface area is 117 Å². The van der Waals surface area contributed by atoms with E-state index in [1.54, 1.807) is 0 Å². The van der Waals surface area contributed by atoms with Crippen LogP contribution in [0, 0.1) is 11.8 Å². The van der Waals surface area contributed by atoms with Crippen LogP contribution in [0.4, 0.5) is 0 Å². The van der Waals surface area contributed by atoms with Gasteiger partial charge in [0.15, 0.2) is 0 Å². The third-order valence-electron chi connectivity index (χ3n) is 4.99. The van der Waals surface area contributed by atoms with Crippen LogP contribution in [0.2, 0.25) is 0 Å². The van der Waals surface area contributed by atoms with Crippen molar-refractivity contribution >= 4 is 11.8 Å². The molecular weight excluding hydrogens is 254 g/mol. The number of rotatable bonds is 2. The SMILES string of the molecule is C[C@@H](c1ccccc1)N1C(=O)[C@@H]2C3CCC(O3)[C@@H]2C1=O. The zero-order valence-corrected chi connectivity index (χ0v) is 11.4. The van der Waals surface area contributed by atoms with E-state index in [1.807, 2.05) is 37.3 Å². The van der Waals surface area contributed by atoms with Gasteiger partial charge in [0.25, 0.3) is 0 Å². The molecule has 3 aliphatic heterocycles. The van der Waals surface area contributed by atoms with E-state index >= 15 is 0 Å². The van der Waals surface area contributed by atoms with Crippen molar-refractivity contribution < 1.29 is 14.3 Å². The van der Waals surface area contributed by atoms with Crippen molar-refractivity contribution in [1.82, 2.24) is 4.90 Å². The molecule has 20 heavy (non-hydrogen) atoms. The van der Waals surface area contributed by atoms with Crippen molar-refractivity contribution in [2.75, 3.05) is 0 Å². The summed E-state index contributed by atoms with van der Waals surface area (Å²) in [6.45, 7) is 1.93. The second-order valence-electron chi connectivity index (χ2n) is 5.98. The van der Waals surface area contributed by atoms with E-state index in [1.165, 1.54) is 4.90 Å². The summed E-state index contributed by atoms with van der Waals surface area (Å²) in [7, 11) is 0. The second-order valence-corrected chi connectivity index (χ2v) is 5.98. The van der Waals surface area contributed by atoms with Crippen molar-refractivity contribution in [2.45, 2.75) is 38.0 Å². The molecule has 5 atom stereocenters. The van der Waals surface area contributed by atoms with Gasteiger partial charge in [0.05, 0.1) is 30.1 Å². The van der Waals surface area contributed by atoms with Crippen LogP contribution in [0.3, 0.4) is 0 Å². The van der Waals surface area contributed by atoms with Crippen LogP contribution in [0.5, 0.6) is 0 Å². The molecule has 104 valence electrons. The van der Waals surface area contributed by atoms with Crippen LogP contribution >= 0.6 is 0 Å².